The number of fused-ring (bicyclic) bond motifs is 3. The second-order valence-corrected chi connectivity index (χ2v) is 9.74. The van der Waals surface area contributed by atoms with Crippen LogP contribution in [0.2, 0.25) is 5.02 Å². The number of nitrogens with zero attached hydrogens (tertiary/aromatic N) is 2. The van der Waals surface area contributed by atoms with Crippen LogP contribution in [0.4, 0.5) is 14.7 Å². The molecule has 0 spiro atoms. The summed E-state index contributed by atoms with van der Waals surface area (Å²) in [5, 5.41) is 0.382. The molecule has 0 fully saturated rings. The van der Waals surface area contributed by atoms with Gasteiger partial charge in [-0.1, -0.05) is 22.9 Å². The molecule has 0 bridgehead atoms. The molecular formula is C19H23ClN2O6S. The van der Waals surface area contributed by atoms with Gasteiger partial charge >= 0.3 is 12.2 Å². The number of rotatable bonds is 1. The molecule has 10 heteroatoms. The van der Waals surface area contributed by atoms with Gasteiger partial charge < -0.3 is 18.9 Å². The molecule has 1 aliphatic heterocycles. The molecule has 0 saturated heterocycles. The van der Waals surface area contributed by atoms with Gasteiger partial charge in [0.05, 0.1) is 5.02 Å². The van der Waals surface area contributed by atoms with E-state index in [-0.39, 0.29) is 5.13 Å². The Hall–Kier alpha value is -2.26. The Morgan fingerprint density at radius 3 is 2.17 bits per heavy atom. The zero-order valence-corrected chi connectivity index (χ0v) is 18.7. The van der Waals surface area contributed by atoms with Crippen molar-refractivity contribution in [2.75, 3.05) is 18.1 Å². The normalized spacial score (nSPS) is 13.9. The number of halogens is 1. The van der Waals surface area contributed by atoms with Gasteiger partial charge in [0, 0.05) is 6.07 Å². The quantitative estimate of drug-likeness (QED) is 0.584. The zero-order chi connectivity index (χ0) is 21.6. The highest BCUT2D eigenvalue weighted by Gasteiger charge is 2.35. The smallest absolute Gasteiger partial charge is 0.426 e. The highest BCUT2D eigenvalue weighted by Crippen LogP contribution is 2.46. The van der Waals surface area contributed by atoms with Crippen LogP contribution in [-0.4, -0.2) is 41.6 Å². The van der Waals surface area contributed by atoms with Gasteiger partial charge in [-0.05, 0) is 41.5 Å². The maximum Gasteiger partial charge on any atom is 0.426 e. The molecule has 0 unspecified atom stereocenters. The first-order valence-corrected chi connectivity index (χ1v) is 10.2. The summed E-state index contributed by atoms with van der Waals surface area (Å²) in [6.07, 6.45) is -1.79. The molecule has 8 nitrogen and oxygen atoms in total. The summed E-state index contributed by atoms with van der Waals surface area (Å²) in [6.45, 7) is 11.0. The Balaban J connectivity index is 2.09. The fourth-order valence-electron chi connectivity index (χ4n) is 2.47. The first-order chi connectivity index (χ1) is 13.4. The van der Waals surface area contributed by atoms with Crippen LogP contribution in [0.15, 0.2) is 6.07 Å². The molecule has 1 aromatic heterocycles. The fraction of sp³-hybridized carbons (Fsp3) is 0.526. The van der Waals surface area contributed by atoms with Crippen molar-refractivity contribution in [2.45, 2.75) is 52.7 Å². The monoisotopic (exact) mass is 442 g/mol. The fourth-order valence-corrected chi connectivity index (χ4v) is 3.82. The van der Waals surface area contributed by atoms with E-state index >= 15 is 0 Å². The van der Waals surface area contributed by atoms with E-state index in [1.54, 1.807) is 47.6 Å². The summed E-state index contributed by atoms with van der Waals surface area (Å²) in [4.78, 5) is 30.8. The number of anilines is 1. The summed E-state index contributed by atoms with van der Waals surface area (Å²) < 4.78 is 22.6. The molecule has 0 atom stereocenters. The van der Waals surface area contributed by atoms with Crippen molar-refractivity contribution in [1.29, 1.82) is 0 Å². The van der Waals surface area contributed by atoms with Gasteiger partial charge in [0.2, 0.25) is 5.13 Å². The standard InChI is InChI=1S/C19H23ClN2O6S/c1-18(2,3)27-16(23)22(17(24)28-19(4,5)6)15-21-12-10(20)9-11-13(14(12)29-15)26-8-7-25-11/h9H,7-8H2,1-6H3. The molecule has 2 aromatic rings. The van der Waals surface area contributed by atoms with Crippen molar-refractivity contribution in [3.05, 3.63) is 11.1 Å². The van der Waals surface area contributed by atoms with Crippen LogP contribution in [0.25, 0.3) is 10.2 Å². The van der Waals surface area contributed by atoms with Crippen LogP contribution in [0.3, 0.4) is 0 Å². The number of benzene rings is 1. The molecule has 0 saturated carbocycles. The van der Waals surface area contributed by atoms with E-state index in [4.69, 9.17) is 30.5 Å². The maximum atomic E-state index is 12.8. The van der Waals surface area contributed by atoms with Crippen molar-refractivity contribution in [3.8, 4) is 11.5 Å². The average molecular weight is 443 g/mol. The Morgan fingerprint density at radius 1 is 1.07 bits per heavy atom. The van der Waals surface area contributed by atoms with Gasteiger partial charge in [0.1, 0.15) is 34.6 Å². The Labute approximate surface area is 177 Å². The van der Waals surface area contributed by atoms with Gasteiger partial charge in [-0.15, -0.1) is 0 Å². The highest BCUT2D eigenvalue weighted by atomic mass is 35.5. The van der Waals surface area contributed by atoms with Crippen LogP contribution < -0.4 is 14.4 Å². The lowest BCUT2D eigenvalue weighted by molar-refractivity contribution is 0.0431. The van der Waals surface area contributed by atoms with Crippen molar-refractivity contribution in [1.82, 2.24) is 4.98 Å². The summed E-state index contributed by atoms with van der Waals surface area (Å²) in [5.74, 6) is 0.970. The topological polar surface area (TPSA) is 87.2 Å². The number of hydrogen-bond donors (Lipinski definition) is 0. The molecule has 2 amide bonds. The lowest BCUT2D eigenvalue weighted by Crippen LogP contribution is -2.43. The average Bonchev–Trinajstić information content (AvgIpc) is 2.97. The van der Waals surface area contributed by atoms with Gasteiger partial charge in [0.15, 0.2) is 11.5 Å². The number of ether oxygens (including phenoxy) is 4. The number of amides is 2. The van der Waals surface area contributed by atoms with Crippen LogP contribution in [0.1, 0.15) is 41.5 Å². The van der Waals surface area contributed by atoms with Crippen molar-refractivity contribution < 1.29 is 28.5 Å². The maximum absolute atomic E-state index is 12.8. The largest absolute Gasteiger partial charge is 0.486 e. The number of hydrogen-bond acceptors (Lipinski definition) is 8. The van der Waals surface area contributed by atoms with E-state index in [0.717, 1.165) is 16.2 Å². The molecule has 29 heavy (non-hydrogen) atoms. The molecule has 3 rings (SSSR count). The third-order valence-corrected chi connectivity index (χ3v) is 4.79. The molecule has 1 aliphatic rings. The second-order valence-electron chi connectivity index (χ2n) is 8.35. The van der Waals surface area contributed by atoms with Gasteiger partial charge in [-0.25, -0.2) is 14.6 Å². The number of imide groups is 1. The van der Waals surface area contributed by atoms with Crippen LogP contribution in [0.5, 0.6) is 11.5 Å². The molecule has 1 aromatic carbocycles. The van der Waals surface area contributed by atoms with Gasteiger partial charge in [-0.2, -0.15) is 4.90 Å². The van der Waals surface area contributed by atoms with E-state index in [1.165, 1.54) is 0 Å². The third-order valence-electron chi connectivity index (χ3n) is 3.46. The van der Waals surface area contributed by atoms with E-state index < -0.39 is 23.4 Å². The summed E-state index contributed by atoms with van der Waals surface area (Å²) in [6, 6.07) is 1.60. The van der Waals surface area contributed by atoms with Crippen molar-refractivity contribution in [2.24, 2.45) is 0 Å². The lowest BCUT2D eigenvalue weighted by Gasteiger charge is -2.27. The predicted molar refractivity (Wildman–Crippen MR) is 111 cm³/mol. The highest BCUT2D eigenvalue weighted by molar-refractivity contribution is 7.23. The molecule has 0 N–H and O–H groups in total. The SMILES string of the molecule is CC(C)(C)OC(=O)N(C(=O)OC(C)(C)C)c1nc2c(Cl)cc3c(c2s1)OCCO3. The summed E-state index contributed by atoms with van der Waals surface area (Å²) >= 11 is 7.41. The number of carbonyl (C=O) groups excluding carboxylic acids is 2. The van der Waals surface area contributed by atoms with Gasteiger partial charge in [-0.3, -0.25) is 0 Å². The van der Waals surface area contributed by atoms with Gasteiger partial charge in [0.25, 0.3) is 0 Å². The summed E-state index contributed by atoms with van der Waals surface area (Å²) in [7, 11) is 0. The lowest BCUT2D eigenvalue weighted by atomic mass is 10.2. The zero-order valence-electron chi connectivity index (χ0n) is 17.1. The van der Waals surface area contributed by atoms with E-state index in [0.29, 0.717) is 40.0 Å². The van der Waals surface area contributed by atoms with Crippen molar-refractivity contribution in [3.63, 3.8) is 0 Å². The first-order valence-electron chi connectivity index (χ1n) is 9.00. The van der Waals surface area contributed by atoms with E-state index in [2.05, 4.69) is 4.98 Å². The molecule has 2 heterocycles. The Bertz CT molecular complexity index is 932. The Kier molecular flexibility index (Phi) is 5.57. The van der Waals surface area contributed by atoms with Crippen LogP contribution in [0, 0.1) is 0 Å². The first kappa shape index (κ1) is 21.4. The van der Waals surface area contributed by atoms with E-state index in [1.807, 2.05) is 0 Å². The molecule has 158 valence electrons. The van der Waals surface area contributed by atoms with Crippen LogP contribution >= 0.6 is 22.9 Å². The minimum Gasteiger partial charge on any atom is -0.486 e. The predicted octanol–water partition coefficient (Wildman–Crippen LogP) is 5.40. The molecule has 0 radical (unpaired) electrons. The Morgan fingerprint density at radius 2 is 1.62 bits per heavy atom. The van der Waals surface area contributed by atoms with E-state index in [9.17, 15) is 9.59 Å². The number of aromatic nitrogens is 1. The number of carbonyl (C=O) groups is 2. The minimum absolute atomic E-state index is 0.0629. The molecule has 0 aliphatic carbocycles. The second kappa shape index (κ2) is 7.53. The number of thiazole rings is 1. The minimum atomic E-state index is -0.895. The van der Waals surface area contributed by atoms with Crippen LogP contribution in [-0.2, 0) is 9.47 Å². The third kappa shape index (κ3) is 4.84. The molecular weight excluding hydrogens is 420 g/mol. The summed E-state index contributed by atoms with van der Waals surface area (Å²) in [5.41, 5.74) is -1.24. The van der Waals surface area contributed by atoms with Crippen molar-refractivity contribution >= 4 is 50.5 Å².